The van der Waals surface area contributed by atoms with Gasteiger partial charge in [0.15, 0.2) is 6.10 Å². The Labute approximate surface area is 237 Å². The fraction of sp³-hybridized carbons (Fsp3) is 0.677. The highest BCUT2D eigenvalue weighted by Crippen LogP contribution is 2.57. The van der Waals surface area contributed by atoms with Crippen molar-refractivity contribution in [2.75, 3.05) is 46.9 Å². The maximum absolute atomic E-state index is 13.2. The van der Waals surface area contributed by atoms with Gasteiger partial charge in [-0.15, -0.1) is 0 Å². The van der Waals surface area contributed by atoms with Crippen molar-refractivity contribution in [2.24, 2.45) is 11.3 Å². The average Bonchev–Trinajstić information content (AvgIpc) is 3.17. The fourth-order valence-corrected chi connectivity index (χ4v) is 7.42. The number of fused-ring (bicyclic) bond motifs is 3. The number of nitrogens with zero attached hydrogens (tertiary/aromatic N) is 2. The van der Waals surface area contributed by atoms with Gasteiger partial charge in [-0.25, -0.2) is 0 Å². The zero-order valence-electron chi connectivity index (χ0n) is 24.6. The molecule has 3 fully saturated rings. The zero-order valence-corrected chi connectivity index (χ0v) is 24.6. The number of carbonyl (C=O) groups excluding carboxylic acids is 2. The van der Waals surface area contributed by atoms with Gasteiger partial charge in [0.05, 0.1) is 14.2 Å². The van der Waals surface area contributed by atoms with Gasteiger partial charge in [0.25, 0.3) is 0 Å². The molecule has 0 bridgehead atoms. The average molecular weight is 557 g/mol. The van der Waals surface area contributed by atoms with Crippen molar-refractivity contribution in [2.45, 2.75) is 77.7 Å². The van der Waals surface area contributed by atoms with Gasteiger partial charge in [0, 0.05) is 57.8 Å². The van der Waals surface area contributed by atoms with Crippen LogP contribution in [0.2, 0.25) is 0 Å². The number of hydrogen-bond acceptors (Lipinski definition) is 9. The van der Waals surface area contributed by atoms with Crippen LogP contribution in [0.5, 0.6) is 11.5 Å². The van der Waals surface area contributed by atoms with Gasteiger partial charge in [0.1, 0.15) is 29.6 Å². The topological polar surface area (TPSA) is 97.8 Å². The Kier molecular flexibility index (Phi) is 8.19. The van der Waals surface area contributed by atoms with Crippen molar-refractivity contribution >= 4 is 11.9 Å². The minimum Gasteiger partial charge on any atom is -0.497 e. The first kappa shape index (κ1) is 28.9. The van der Waals surface area contributed by atoms with Crippen LogP contribution in [0.15, 0.2) is 23.3 Å². The molecule has 40 heavy (non-hydrogen) atoms. The van der Waals surface area contributed by atoms with Gasteiger partial charge in [0.2, 0.25) is 0 Å². The molecule has 0 radical (unpaired) electrons. The highest BCUT2D eigenvalue weighted by molar-refractivity contribution is 5.78. The Bertz CT molecular complexity index is 1170. The molecule has 2 aliphatic heterocycles. The van der Waals surface area contributed by atoms with E-state index < -0.39 is 17.6 Å². The molecule has 9 heteroatoms. The summed E-state index contributed by atoms with van der Waals surface area (Å²) in [5.41, 5.74) is 3.19. The molecular weight excluding hydrogens is 512 g/mol. The summed E-state index contributed by atoms with van der Waals surface area (Å²) in [5.74, 6) is 0.178. The van der Waals surface area contributed by atoms with E-state index in [9.17, 15) is 14.7 Å². The Balaban J connectivity index is 1.25. The van der Waals surface area contributed by atoms with E-state index in [2.05, 4.69) is 23.6 Å². The van der Waals surface area contributed by atoms with Gasteiger partial charge < -0.3 is 24.1 Å². The number of allylic oxidation sites excluding steroid dienone is 1. The van der Waals surface area contributed by atoms with E-state index in [0.29, 0.717) is 31.0 Å². The molecule has 9 nitrogen and oxygen atoms in total. The van der Waals surface area contributed by atoms with E-state index in [1.807, 2.05) is 6.07 Å². The lowest BCUT2D eigenvalue weighted by molar-refractivity contribution is -0.144. The Morgan fingerprint density at radius 2 is 1.82 bits per heavy atom. The summed E-state index contributed by atoms with van der Waals surface area (Å²) >= 11 is 0. The van der Waals surface area contributed by atoms with Gasteiger partial charge in [-0.3, -0.25) is 19.4 Å². The van der Waals surface area contributed by atoms with Crippen LogP contribution in [0.1, 0.15) is 64.0 Å². The summed E-state index contributed by atoms with van der Waals surface area (Å²) in [6, 6.07) is 3.77. The lowest BCUT2D eigenvalue weighted by atomic mass is 9.58. The summed E-state index contributed by atoms with van der Waals surface area (Å²) in [6.45, 7) is 10.3. The molecule has 4 atom stereocenters. The number of piperazine rings is 1. The molecule has 5 rings (SSSR count). The molecule has 0 amide bonds. The van der Waals surface area contributed by atoms with Gasteiger partial charge >= 0.3 is 11.9 Å². The first-order chi connectivity index (χ1) is 19.1. The molecule has 1 aromatic carbocycles. The number of hydrogen-bond donors (Lipinski definition) is 1. The minimum atomic E-state index is -1.13. The van der Waals surface area contributed by atoms with Crippen LogP contribution in [0, 0.1) is 11.3 Å². The number of methoxy groups -OCH3 is 2. The molecule has 1 N–H and O–H groups in total. The second-order valence-corrected chi connectivity index (χ2v) is 12.3. The number of aliphatic hydroxyl groups is 1. The third-order valence-electron chi connectivity index (χ3n) is 9.76. The Hall–Kier alpha value is -2.62. The Morgan fingerprint density at radius 3 is 2.50 bits per heavy atom. The standard InChI is InChI=1S/C31H44N2O7/c1-20-7-6-8-30(3)9-10-31(36)25(29(35)40-28(31)27(20)30)18-33-13-11-32(12-14-33)17-22-15-23(37-4)16-26(38-5)24(22)19-39-21(2)34/h15-16,25,28,36H,6-14,17-19H2,1-5H3/t25?,28-,30+,31?/m0/s1. The molecular formula is C31H44N2O7. The van der Waals surface area contributed by atoms with E-state index in [1.165, 1.54) is 18.1 Å². The maximum Gasteiger partial charge on any atom is 0.314 e. The lowest BCUT2D eigenvalue weighted by Gasteiger charge is -2.49. The van der Waals surface area contributed by atoms with Crippen molar-refractivity contribution < 1.29 is 33.6 Å². The summed E-state index contributed by atoms with van der Waals surface area (Å²) in [7, 11) is 3.22. The quantitative estimate of drug-likeness (QED) is 0.381. The van der Waals surface area contributed by atoms with Gasteiger partial charge in [-0.1, -0.05) is 12.5 Å². The van der Waals surface area contributed by atoms with Crippen LogP contribution < -0.4 is 9.47 Å². The molecule has 2 aliphatic carbocycles. The monoisotopic (exact) mass is 556 g/mol. The van der Waals surface area contributed by atoms with E-state index >= 15 is 0 Å². The zero-order chi connectivity index (χ0) is 28.7. The largest absolute Gasteiger partial charge is 0.497 e. The van der Waals surface area contributed by atoms with E-state index in [0.717, 1.165) is 63.0 Å². The molecule has 0 aromatic heterocycles. The lowest BCUT2D eigenvalue weighted by Crippen LogP contribution is -2.56. The fourth-order valence-electron chi connectivity index (χ4n) is 7.42. The molecule has 220 valence electrons. The van der Waals surface area contributed by atoms with Crippen molar-refractivity contribution in [3.63, 3.8) is 0 Å². The maximum atomic E-state index is 13.2. The van der Waals surface area contributed by atoms with Gasteiger partial charge in [-0.2, -0.15) is 0 Å². The van der Waals surface area contributed by atoms with E-state index in [-0.39, 0.29) is 24.0 Å². The molecule has 2 saturated heterocycles. The molecule has 0 spiro atoms. The molecule has 1 saturated carbocycles. The van der Waals surface area contributed by atoms with Crippen molar-refractivity contribution in [3.05, 3.63) is 34.4 Å². The third-order valence-corrected chi connectivity index (χ3v) is 9.76. The smallest absolute Gasteiger partial charge is 0.314 e. The predicted octanol–water partition coefficient (Wildman–Crippen LogP) is 3.46. The van der Waals surface area contributed by atoms with Crippen molar-refractivity contribution in [3.8, 4) is 11.5 Å². The van der Waals surface area contributed by atoms with Crippen LogP contribution in [0.25, 0.3) is 0 Å². The van der Waals surface area contributed by atoms with Crippen LogP contribution in [0.4, 0.5) is 0 Å². The number of benzene rings is 1. The first-order valence-corrected chi connectivity index (χ1v) is 14.5. The third kappa shape index (κ3) is 5.35. The number of esters is 2. The van der Waals surface area contributed by atoms with Crippen molar-refractivity contribution in [1.29, 1.82) is 0 Å². The molecule has 2 unspecified atom stereocenters. The summed E-state index contributed by atoms with van der Waals surface area (Å²) < 4.78 is 22.4. The molecule has 4 aliphatic rings. The highest BCUT2D eigenvalue weighted by atomic mass is 16.6. The predicted molar refractivity (Wildman–Crippen MR) is 149 cm³/mol. The normalized spacial score (nSPS) is 30.9. The number of rotatable bonds is 8. The van der Waals surface area contributed by atoms with E-state index in [1.54, 1.807) is 20.3 Å². The summed E-state index contributed by atoms with van der Waals surface area (Å²) in [4.78, 5) is 29.3. The van der Waals surface area contributed by atoms with Crippen LogP contribution >= 0.6 is 0 Å². The summed E-state index contributed by atoms with van der Waals surface area (Å²) in [5, 5.41) is 11.9. The van der Waals surface area contributed by atoms with Crippen molar-refractivity contribution in [1.82, 2.24) is 9.80 Å². The second-order valence-electron chi connectivity index (χ2n) is 12.3. The minimum absolute atomic E-state index is 0.0249. The van der Waals surface area contributed by atoms with Crippen LogP contribution in [0.3, 0.4) is 0 Å². The van der Waals surface area contributed by atoms with Gasteiger partial charge in [-0.05, 0) is 61.6 Å². The summed E-state index contributed by atoms with van der Waals surface area (Å²) in [6.07, 6.45) is 4.26. The second kappa shape index (κ2) is 11.3. The van der Waals surface area contributed by atoms with Crippen LogP contribution in [-0.2, 0) is 32.2 Å². The highest BCUT2D eigenvalue weighted by Gasteiger charge is 2.63. The van der Waals surface area contributed by atoms with Crippen LogP contribution in [-0.4, -0.2) is 85.5 Å². The molecule has 2 heterocycles. The first-order valence-electron chi connectivity index (χ1n) is 14.5. The Morgan fingerprint density at radius 1 is 1.10 bits per heavy atom. The molecule has 1 aromatic rings. The van der Waals surface area contributed by atoms with E-state index in [4.69, 9.17) is 18.9 Å². The SMILES string of the molecule is COc1cc(CN2CCN(CC3C(=O)O[C@H]4C5=C(C)CCC[C@]5(C)CCC34O)CC2)c(COC(C)=O)c(OC)c1. The number of carbonyl (C=O) groups is 2. The number of ether oxygens (including phenoxy) is 4.